The number of hydrogen-bond acceptors (Lipinski definition) is 2. The fraction of sp³-hybridized carbons (Fsp3) is 0.567. The first-order valence-corrected chi connectivity index (χ1v) is 27.1. The second-order valence-electron chi connectivity index (χ2n) is 19.9. The molecule has 0 unspecified atom stereocenters. The number of unbranched alkanes of at least 4 members (excludes halogenated alkanes) is 26. The first kappa shape index (κ1) is 50.8. The minimum absolute atomic E-state index is 0.174. The van der Waals surface area contributed by atoms with Crippen molar-refractivity contribution in [3.63, 3.8) is 0 Å². The van der Waals surface area contributed by atoms with Gasteiger partial charge >= 0.3 is 0 Å². The topological polar surface area (TPSA) is 58.1 Å². The third kappa shape index (κ3) is 16.9. The maximum atomic E-state index is 11.4. The molecule has 0 atom stereocenters. The zero-order valence-corrected chi connectivity index (χ0v) is 41.5. The molecule has 6 nitrogen and oxygen atoms in total. The van der Waals surface area contributed by atoms with Crippen molar-refractivity contribution < 1.29 is 19.3 Å². The Kier molecular flexibility index (Phi) is 22.5. The van der Waals surface area contributed by atoms with Crippen LogP contribution in [0.25, 0.3) is 32.7 Å². The van der Waals surface area contributed by atoms with Crippen LogP contribution in [0.3, 0.4) is 0 Å². The summed E-state index contributed by atoms with van der Waals surface area (Å²) in [5, 5.41) is 26.7. The molecule has 66 heavy (non-hydrogen) atoms. The molecule has 0 aliphatic rings. The van der Waals surface area contributed by atoms with Crippen molar-refractivity contribution in [2.45, 2.75) is 220 Å². The Morgan fingerprint density at radius 3 is 1.03 bits per heavy atom. The number of rotatable bonds is 35. The zero-order valence-electron chi connectivity index (χ0n) is 41.5. The Morgan fingerprint density at radius 1 is 0.379 bits per heavy atom. The summed E-state index contributed by atoms with van der Waals surface area (Å²) < 4.78 is 9.16. The molecule has 2 heterocycles. The molecule has 0 saturated carbocycles. The van der Waals surface area contributed by atoms with E-state index in [4.69, 9.17) is 0 Å². The zero-order chi connectivity index (χ0) is 46.0. The van der Waals surface area contributed by atoms with Gasteiger partial charge in [0.25, 0.3) is 0 Å². The van der Waals surface area contributed by atoms with Crippen LogP contribution in [0.2, 0.25) is 0 Å². The van der Waals surface area contributed by atoms with Crippen molar-refractivity contribution in [2.24, 2.45) is 0 Å². The molecule has 0 radical (unpaired) electrons. The Morgan fingerprint density at radius 2 is 0.697 bits per heavy atom. The Labute approximate surface area is 400 Å². The molecule has 4 aromatic carbocycles. The first-order chi connectivity index (χ1) is 32.5. The van der Waals surface area contributed by atoms with Gasteiger partial charge in [0.2, 0.25) is 12.7 Å². The van der Waals surface area contributed by atoms with Gasteiger partial charge in [0.1, 0.15) is 49.4 Å². The van der Waals surface area contributed by atoms with Gasteiger partial charge in [-0.1, -0.05) is 204 Å². The van der Waals surface area contributed by atoms with E-state index in [0.29, 0.717) is 11.1 Å². The van der Waals surface area contributed by atoms with Gasteiger partial charge in [0.15, 0.2) is 0 Å². The molecule has 0 saturated heterocycles. The molecule has 6 aromatic rings. The summed E-state index contributed by atoms with van der Waals surface area (Å²) in [6, 6.07) is 20.5. The summed E-state index contributed by atoms with van der Waals surface area (Å²) in [5.41, 5.74) is 3.76. The molecule has 0 aliphatic carbocycles. The number of phenolic OH excluding ortho intramolecular Hbond substituents is 2. The molecule has 6 heteroatoms. The molecule has 0 amide bonds. The lowest BCUT2D eigenvalue weighted by atomic mass is 9.91. The average molecular weight is 897 g/mol. The summed E-state index contributed by atoms with van der Waals surface area (Å²) in [6.45, 7) is 8.27. The van der Waals surface area contributed by atoms with Crippen molar-refractivity contribution in [1.29, 1.82) is 0 Å². The van der Waals surface area contributed by atoms with Crippen molar-refractivity contribution in [2.75, 3.05) is 0 Å². The summed E-state index contributed by atoms with van der Waals surface area (Å²) >= 11 is 0. The highest BCUT2D eigenvalue weighted by Gasteiger charge is 2.18. The number of hydrogen-bond donors (Lipinski definition) is 2. The third-order valence-electron chi connectivity index (χ3n) is 14.1. The number of aromatic nitrogens is 4. The van der Waals surface area contributed by atoms with Crippen molar-refractivity contribution in [3.05, 3.63) is 109 Å². The number of aryl methyl sites for hydroxylation is 2. The quantitative estimate of drug-likeness (QED) is 0.0308. The van der Waals surface area contributed by atoms with Crippen LogP contribution >= 0.6 is 0 Å². The lowest BCUT2D eigenvalue weighted by Crippen LogP contribution is -2.31. The van der Waals surface area contributed by atoms with Crippen LogP contribution in [-0.2, 0) is 26.2 Å². The second-order valence-corrected chi connectivity index (χ2v) is 19.9. The SMILES string of the molecule is CCCCCCCCCCCCCCCCn1cc[n+](Cc2ccc3c(-c4c(O)ccc5cc(C[n+]6ccn(CCCCCCCCCCCCCCCC)c6)ccc45)c(O)ccc3c2)c1. The third-order valence-corrected chi connectivity index (χ3v) is 14.1. The molecule has 0 fully saturated rings. The highest BCUT2D eigenvalue weighted by molar-refractivity contribution is 6.09. The molecule has 0 bridgehead atoms. The minimum Gasteiger partial charge on any atom is -0.507 e. The van der Waals surface area contributed by atoms with Crippen LogP contribution in [0.4, 0.5) is 0 Å². The standard InChI is InChI=1S/C60H86N4O2/c1-3-5-7-9-11-13-15-17-19-21-23-25-27-29-39-61-41-43-63(49-61)47-51-31-35-55-53(45-51)33-37-57(65)59(55)60-56-36-32-52(46-54(56)34-38-58(60)66)48-64-44-42-62(50-64)40-30-28-26-24-22-20-18-16-14-12-10-8-6-4-2/h31-38,41-46,49-50H,3-30,39-40,47-48H2,1-2H3/p+2. The predicted molar refractivity (Wildman–Crippen MR) is 278 cm³/mol. The number of nitrogens with zero attached hydrogens (tertiary/aromatic N) is 4. The van der Waals surface area contributed by atoms with Crippen molar-refractivity contribution in [3.8, 4) is 22.6 Å². The van der Waals surface area contributed by atoms with E-state index in [1.807, 2.05) is 12.1 Å². The summed E-state index contributed by atoms with van der Waals surface area (Å²) in [6.07, 6.45) is 51.9. The first-order valence-electron chi connectivity index (χ1n) is 27.1. The van der Waals surface area contributed by atoms with Crippen LogP contribution in [0.15, 0.2) is 98.1 Å². The lowest BCUT2D eigenvalue weighted by Gasteiger charge is -2.15. The Balaban J connectivity index is 0.940. The molecule has 2 aromatic heterocycles. The summed E-state index contributed by atoms with van der Waals surface area (Å²) in [5.74, 6) is 0.348. The van der Waals surface area contributed by atoms with Crippen molar-refractivity contribution in [1.82, 2.24) is 9.13 Å². The molecule has 0 aliphatic heterocycles. The van der Waals surface area contributed by atoms with Crippen molar-refractivity contribution >= 4 is 21.5 Å². The van der Waals surface area contributed by atoms with Crippen LogP contribution in [-0.4, -0.2) is 19.3 Å². The number of aromatic hydroxyl groups is 2. The Hall–Kier alpha value is -4.58. The fourth-order valence-corrected chi connectivity index (χ4v) is 10.2. The highest BCUT2D eigenvalue weighted by Crippen LogP contribution is 2.45. The minimum atomic E-state index is 0.174. The maximum absolute atomic E-state index is 11.4. The van der Waals surface area contributed by atoms with E-state index in [1.54, 1.807) is 12.1 Å². The molecule has 2 N–H and O–H groups in total. The molecular weight excluding hydrogens is 809 g/mol. The van der Waals surface area contributed by atoms with Gasteiger partial charge in [0, 0.05) is 11.1 Å². The van der Waals surface area contributed by atoms with Gasteiger partial charge in [-0.2, -0.15) is 0 Å². The van der Waals surface area contributed by atoms with E-state index in [-0.39, 0.29) is 11.5 Å². The molecule has 0 spiro atoms. The van der Waals surface area contributed by atoms with E-state index < -0.39 is 0 Å². The maximum Gasteiger partial charge on any atom is 0.244 e. The lowest BCUT2D eigenvalue weighted by molar-refractivity contribution is -0.688. The van der Waals surface area contributed by atoms with Gasteiger partial charge in [-0.25, -0.2) is 18.3 Å². The number of imidazole rings is 2. The van der Waals surface area contributed by atoms with E-state index >= 15 is 0 Å². The monoisotopic (exact) mass is 897 g/mol. The average Bonchev–Trinajstić information content (AvgIpc) is 3.98. The van der Waals surface area contributed by atoms with E-state index in [0.717, 1.165) is 47.7 Å². The van der Waals surface area contributed by atoms with E-state index in [9.17, 15) is 10.2 Å². The smallest absolute Gasteiger partial charge is 0.244 e. The number of benzene rings is 4. The van der Waals surface area contributed by atoms with E-state index in [2.05, 4.69) is 106 Å². The van der Waals surface area contributed by atoms with Gasteiger partial charge in [0.05, 0.1) is 13.1 Å². The molecule has 6 rings (SSSR count). The predicted octanol–water partition coefficient (Wildman–Crippen LogP) is 16.3. The van der Waals surface area contributed by atoms with Gasteiger partial charge < -0.3 is 10.2 Å². The second kappa shape index (κ2) is 29.2. The number of phenols is 2. The van der Waals surface area contributed by atoms with Crippen LogP contribution in [0, 0.1) is 0 Å². The Bertz CT molecular complexity index is 2110. The largest absolute Gasteiger partial charge is 0.507 e. The van der Waals surface area contributed by atoms with Gasteiger partial charge in [-0.15, -0.1) is 0 Å². The summed E-state index contributed by atoms with van der Waals surface area (Å²) in [7, 11) is 0. The van der Waals surface area contributed by atoms with Crippen LogP contribution in [0.5, 0.6) is 11.5 Å². The van der Waals surface area contributed by atoms with Gasteiger partial charge in [-0.3, -0.25) is 0 Å². The molecule has 358 valence electrons. The highest BCUT2D eigenvalue weighted by atomic mass is 16.3. The molecular formula is C60H88N4O2+2. The van der Waals surface area contributed by atoms with E-state index in [1.165, 1.54) is 191 Å². The number of fused-ring (bicyclic) bond motifs is 2. The normalized spacial score (nSPS) is 11.7. The fourth-order valence-electron chi connectivity index (χ4n) is 10.2. The van der Waals surface area contributed by atoms with Crippen LogP contribution in [0.1, 0.15) is 205 Å². The van der Waals surface area contributed by atoms with Crippen LogP contribution < -0.4 is 9.13 Å². The summed E-state index contributed by atoms with van der Waals surface area (Å²) in [4.78, 5) is 0. The van der Waals surface area contributed by atoms with Gasteiger partial charge in [-0.05, 0) is 82.6 Å².